The Kier molecular flexibility index (Phi) is 5.60. The molecule has 1 atom stereocenters. The van der Waals surface area contributed by atoms with Crippen LogP contribution in [-0.4, -0.2) is 53.1 Å². The first-order chi connectivity index (χ1) is 11.5. The van der Waals surface area contributed by atoms with E-state index in [2.05, 4.69) is 0 Å². The zero-order valence-electron chi connectivity index (χ0n) is 14.8. The highest BCUT2D eigenvalue weighted by molar-refractivity contribution is 7.90. The molecule has 25 heavy (non-hydrogen) atoms. The molecule has 1 heterocycles. The summed E-state index contributed by atoms with van der Waals surface area (Å²) in [5, 5.41) is 0. The summed E-state index contributed by atoms with van der Waals surface area (Å²) in [6, 6.07) is 2.23. The number of ether oxygens (including phenoxy) is 1. The van der Waals surface area contributed by atoms with Gasteiger partial charge in [0, 0.05) is 12.8 Å². The first-order valence-corrected chi connectivity index (χ1v) is 11.4. The second-order valence-electron chi connectivity index (χ2n) is 6.35. The average Bonchev–Trinajstić information content (AvgIpc) is 2.99. The molecular formula is C16H23NO6S2. The number of carbonyl (C=O) groups is 1. The number of benzene rings is 1. The fraction of sp³-hybridized carbons (Fsp3) is 0.562. The SMILES string of the molecule is COC(=O)[C@@H]1CCCN1S(=O)(=O)c1ccc(C)c(CS(C)(=O)=O)c1C. The minimum Gasteiger partial charge on any atom is -0.468 e. The summed E-state index contributed by atoms with van der Waals surface area (Å²) in [7, 11) is -6.02. The van der Waals surface area contributed by atoms with Crippen LogP contribution in [0.15, 0.2) is 17.0 Å². The molecule has 0 unspecified atom stereocenters. The quantitative estimate of drug-likeness (QED) is 0.701. The highest BCUT2D eigenvalue weighted by Gasteiger charge is 2.41. The van der Waals surface area contributed by atoms with Crippen LogP contribution >= 0.6 is 0 Å². The summed E-state index contributed by atoms with van der Waals surface area (Å²) in [4.78, 5) is 11.9. The number of methoxy groups -OCH3 is 1. The molecule has 2 rings (SSSR count). The Morgan fingerprint density at radius 2 is 1.88 bits per heavy atom. The predicted molar refractivity (Wildman–Crippen MR) is 93.4 cm³/mol. The Balaban J connectivity index is 2.53. The van der Waals surface area contributed by atoms with E-state index in [1.807, 2.05) is 0 Å². The van der Waals surface area contributed by atoms with Gasteiger partial charge >= 0.3 is 5.97 Å². The van der Waals surface area contributed by atoms with Crippen LogP contribution in [0.25, 0.3) is 0 Å². The lowest BCUT2D eigenvalue weighted by Crippen LogP contribution is -2.41. The van der Waals surface area contributed by atoms with E-state index in [1.54, 1.807) is 19.9 Å². The van der Waals surface area contributed by atoms with Crippen LogP contribution in [0.5, 0.6) is 0 Å². The van der Waals surface area contributed by atoms with E-state index in [1.165, 1.54) is 13.2 Å². The maximum absolute atomic E-state index is 13.1. The second kappa shape index (κ2) is 7.05. The average molecular weight is 389 g/mol. The molecule has 1 aromatic carbocycles. The molecule has 0 spiro atoms. The number of aryl methyl sites for hydroxylation is 1. The number of hydrogen-bond donors (Lipinski definition) is 0. The van der Waals surface area contributed by atoms with Crippen LogP contribution in [0, 0.1) is 13.8 Å². The van der Waals surface area contributed by atoms with Gasteiger partial charge in [-0.3, -0.25) is 4.79 Å². The maximum atomic E-state index is 13.1. The first-order valence-electron chi connectivity index (χ1n) is 7.85. The number of rotatable bonds is 5. The van der Waals surface area contributed by atoms with Crippen LogP contribution in [0.3, 0.4) is 0 Å². The van der Waals surface area contributed by atoms with E-state index in [0.29, 0.717) is 29.5 Å². The van der Waals surface area contributed by atoms with Crippen LogP contribution < -0.4 is 0 Å². The van der Waals surface area contributed by atoms with Crippen LogP contribution in [-0.2, 0) is 35.1 Å². The molecule has 0 bridgehead atoms. The van der Waals surface area contributed by atoms with Gasteiger partial charge < -0.3 is 4.74 Å². The third-order valence-corrected chi connectivity index (χ3v) is 7.32. The van der Waals surface area contributed by atoms with Gasteiger partial charge in [0.1, 0.15) is 6.04 Å². The summed E-state index contributed by atoms with van der Waals surface area (Å²) in [5.41, 5.74) is 1.60. The molecule has 7 nitrogen and oxygen atoms in total. The van der Waals surface area contributed by atoms with E-state index in [0.717, 1.165) is 10.6 Å². The van der Waals surface area contributed by atoms with E-state index < -0.39 is 31.9 Å². The number of hydrogen-bond acceptors (Lipinski definition) is 6. The summed E-state index contributed by atoms with van der Waals surface area (Å²) < 4.78 is 55.4. The minimum atomic E-state index is -3.93. The van der Waals surface area contributed by atoms with Gasteiger partial charge in [-0.15, -0.1) is 0 Å². The Labute approximate surface area is 148 Å². The number of nitrogens with zero attached hydrogens (tertiary/aromatic N) is 1. The number of esters is 1. The molecule has 0 aromatic heterocycles. The lowest BCUT2D eigenvalue weighted by molar-refractivity contribution is -0.144. The predicted octanol–water partition coefficient (Wildman–Crippen LogP) is 1.17. The smallest absolute Gasteiger partial charge is 0.324 e. The normalized spacial score (nSPS) is 19.1. The van der Waals surface area contributed by atoms with Gasteiger partial charge in [0.25, 0.3) is 0 Å². The van der Waals surface area contributed by atoms with Gasteiger partial charge in [-0.1, -0.05) is 6.07 Å². The van der Waals surface area contributed by atoms with Crippen molar-refractivity contribution in [3.05, 3.63) is 28.8 Å². The van der Waals surface area contributed by atoms with Gasteiger partial charge in [0.15, 0.2) is 9.84 Å². The second-order valence-corrected chi connectivity index (χ2v) is 10.4. The largest absolute Gasteiger partial charge is 0.468 e. The third-order valence-electron chi connectivity index (χ3n) is 4.45. The lowest BCUT2D eigenvalue weighted by Gasteiger charge is -2.24. The lowest BCUT2D eigenvalue weighted by atomic mass is 10.0. The molecule has 9 heteroatoms. The Bertz CT molecular complexity index is 889. The Morgan fingerprint density at radius 1 is 1.24 bits per heavy atom. The monoisotopic (exact) mass is 389 g/mol. The van der Waals surface area contributed by atoms with Gasteiger partial charge in [0.05, 0.1) is 17.8 Å². The summed E-state index contributed by atoms with van der Waals surface area (Å²) >= 11 is 0. The van der Waals surface area contributed by atoms with Crippen molar-refractivity contribution in [2.45, 2.75) is 43.4 Å². The molecule has 1 saturated heterocycles. The van der Waals surface area contributed by atoms with Crippen LogP contribution in [0.1, 0.15) is 29.5 Å². The van der Waals surface area contributed by atoms with Gasteiger partial charge in [-0.25, -0.2) is 16.8 Å². The molecule has 140 valence electrons. The molecule has 1 fully saturated rings. The fourth-order valence-electron chi connectivity index (χ4n) is 3.16. The zero-order valence-corrected chi connectivity index (χ0v) is 16.4. The molecule has 1 aliphatic heterocycles. The van der Waals surface area contributed by atoms with Gasteiger partial charge in [-0.05, 0) is 49.4 Å². The zero-order chi connectivity index (χ0) is 19.0. The molecule has 0 radical (unpaired) electrons. The van der Waals surface area contributed by atoms with E-state index in [9.17, 15) is 21.6 Å². The molecule has 0 saturated carbocycles. The molecule has 0 N–H and O–H groups in total. The Morgan fingerprint density at radius 3 is 2.44 bits per heavy atom. The first kappa shape index (κ1) is 19.9. The molecular weight excluding hydrogens is 366 g/mol. The van der Waals surface area contributed by atoms with Crippen molar-refractivity contribution in [3.63, 3.8) is 0 Å². The van der Waals surface area contributed by atoms with Crippen molar-refractivity contribution in [1.29, 1.82) is 0 Å². The van der Waals surface area contributed by atoms with Crippen LogP contribution in [0.2, 0.25) is 0 Å². The van der Waals surface area contributed by atoms with Crippen molar-refractivity contribution in [2.24, 2.45) is 0 Å². The molecule has 1 aliphatic rings. The summed E-state index contributed by atoms with van der Waals surface area (Å²) in [5.74, 6) is -0.809. The van der Waals surface area contributed by atoms with Crippen molar-refractivity contribution in [2.75, 3.05) is 19.9 Å². The summed E-state index contributed by atoms with van der Waals surface area (Å²) in [6.07, 6.45) is 2.09. The highest BCUT2D eigenvalue weighted by Crippen LogP contribution is 2.31. The number of sulfonamides is 1. The Hall–Kier alpha value is -1.45. The number of sulfone groups is 1. The fourth-order valence-corrected chi connectivity index (χ4v) is 6.03. The van der Waals surface area contributed by atoms with Gasteiger partial charge in [0.2, 0.25) is 10.0 Å². The van der Waals surface area contributed by atoms with E-state index in [-0.39, 0.29) is 17.2 Å². The topological polar surface area (TPSA) is 97.8 Å². The molecule has 0 amide bonds. The third kappa shape index (κ3) is 4.04. The van der Waals surface area contributed by atoms with Crippen LogP contribution in [0.4, 0.5) is 0 Å². The standard InChI is InChI=1S/C16H23NO6S2/c1-11-7-8-15(12(2)13(11)10-24(4,19)20)25(21,22)17-9-5-6-14(17)16(18)23-3/h7-8,14H,5-6,9-10H2,1-4H3/t14-/m0/s1. The van der Waals surface area contributed by atoms with E-state index in [4.69, 9.17) is 4.74 Å². The van der Waals surface area contributed by atoms with Crippen molar-refractivity contribution < 1.29 is 26.4 Å². The van der Waals surface area contributed by atoms with Crippen molar-refractivity contribution >= 4 is 25.8 Å². The molecule has 0 aliphatic carbocycles. The van der Waals surface area contributed by atoms with Crippen molar-refractivity contribution in [3.8, 4) is 0 Å². The highest BCUT2D eigenvalue weighted by atomic mass is 32.2. The minimum absolute atomic E-state index is 0.0348. The van der Waals surface area contributed by atoms with Gasteiger partial charge in [-0.2, -0.15) is 4.31 Å². The number of carbonyl (C=O) groups excluding carboxylic acids is 1. The van der Waals surface area contributed by atoms with E-state index >= 15 is 0 Å². The molecule has 1 aromatic rings. The van der Waals surface area contributed by atoms with Crippen molar-refractivity contribution in [1.82, 2.24) is 4.31 Å². The summed E-state index contributed by atoms with van der Waals surface area (Å²) in [6.45, 7) is 3.58. The maximum Gasteiger partial charge on any atom is 0.324 e.